The lowest BCUT2D eigenvalue weighted by molar-refractivity contribution is -0.144. The number of hydrogen-bond acceptors (Lipinski definition) is 5. The number of methoxy groups -OCH3 is 1. The van der Waals surface area contributed by atoms with Crippen molar-refractivity contribution < 1.29 is 19.1 Å². The maximum absolute atomic E-state index is 12.6. The van der Waals surface area contributed by atoms with Gasteiger partial charge in [-0.1, -0.05) is 42.5 Å². The minimum absolute atomic E-state index is 0.133. The predicted octanol–water partition coefficient (Wildman–Crippen LogP) is 2.03. The van der Waals surface area contributed by atoms with Crippen LogP contribution in [0.3, 0.4) is 0 Å². The van der Waals surface area contributed by atoms with Gasteiger partial charge in [-0.2, -0.15) is 0 Å². The smallest absolute Gasteiger partial charge is 0.328 e. The van der Waals surface area contributed by atoms with Gasteiger partial charge < -0.3 is 15.0 Å². The van der Waals surface area contributed by atoms with E-state index in [9.17, 15) is 14.4 Å². The lowest BCUT2D eigenvalue weighted by atomic mass is 10.1. The van der Waals surface area contributed by atoms with E-state index >= 15 is 0 Å². The van der Waals surface area contributed by atoms with E-state index in [2.05, 4.69) is 5.32 Å². The molecule has 0 aromatic heterocycles. The van der Waals surface area contributed by atoms with Crippen LogP contribution < -0.4 is 10.2 Å². The van der Waals surface area contributed by atoms with Crippen molar-refractivity contribution in [3.63, 3.8) is 0 Å². The van der Waals surface area contributed by atoms with E-state index in [1.807, 2.05) is 54.6 Å². The number of hydrogen-bond donors (Lipinski definition) is 1. The van der Waals surface area contributed by atoms with Gasteiger partial charge in [0.25, 0.3) is 0 Å². The fourth-order valence-electron chi connectivity index (χ4n) is 2.90. The van der Waals surface area contributed by atoms with Crippen molar-refractivity contribution in [1.29, 1.82) is 0 Å². The van der Waals surface area contributed by atoms with Gasteiger partial charge in [0.2, 0.25) is 11.8 Å². The topological polar surface area (TPSA) is 75.7 Å². The Morgan fingerprint density at radius 2 is 1.85 bits per heavy atom. The number of ether oxygens (including phenoxy) is 1. The van der Waals surface area contributed by atoms with E-state index in [1.54, 1.807) is 0 Å². The highest BCUT2D eigenvalue weighted by Gasteiger charge is 2.28. The molecule has 0 radical (unpaired) electrons. The Morgan fingerprint density at radius 3 is 2.59 bits per heavy atom. The van der Waals surface area contributed by atoms with Crippen LogP contribution >= 0.6 is 11.8 Å². The number of thioether (sulfide) groups is 1. The highest BCUT2D eigenvalue weighted by molar-refractivity contribution is 8.00. The number of carbonyl (C=O) groups is 3. The molecule has 2 aromatic rings. The van der Waals surface area contributed by atoms with Crippen LogP contribution in [0.15, 0.2) is 59.5 Å². The van der Waals surface area contributed by atoms with Crippen molar-refractivity contribution in [1.82, 2.24) is 5.32 Å². The fraction of sp³-hybridized carbons (Fsp3) is 0.250. The van der Waals surface area contributed by atoms with Crippen LogP contribution in [0.5, 0.6) is 0 Å². The molecule has 0 unspecified atom stereocenters. The SMILES string of the molecule is COC(=O)[C@H](Cc1ccccc1)NC(=O)CN1C(=O)CSc2ccccc21. The van der Waals surface area contributed by atoms with Gasteiger partial charge in [0.15, 0.2) is 0 Å². The standard InChI is InChI=1S/C20H20N2O4S/c1-26-20(25)15(11-14-7-3-2-4-8-14)21-18(23)12-22-16-9-5-6-10-17(16)27-13-19(22)24/h2-10,15H,11-13H2,1H3,(H,21,23)/t15-/m0/s1. The van der Waals surface area contributed by atoms with Crippen LogP contribution in [-0.4, -0.2) is 43.2 Å². The van der Waals surface area contributed by atoms with Crippen LogP contribution in [0.25, 0.3) is 0 Å². The first-order valence-corrected chi connectivity index (χ1v) is 9.50. The summed E-state index contributed by atoms with van der Waals surface area (Å²) in [6.45, 7) is -0.140. The summed E-state index contributed by atoms with van der Waals surface area (Å²) >= 11 is 1.45. The first-order chi connectivity index (χ1) is 13.1. The molecular weight excluding hydrogens is 364 g/mol. The van der Waals surface area contributed by atoms with Crippen molar-refractivity contribution in [2.24, 2.45) is 0 Å². The Bertz CT molecular complexity index is 841. The molecule has 7 heteroatoms. The lowest BCUT2D eigenvalue weighted by Gasteiger charge is -2.29. The molecular formula is C20H20N2O4S. The first kappa shape index (κ1) is 19.0. The minimum atomic E-state index is -0.811. The Balaban J connectivity index is 1.71. The molecule has 3 rings (SSSR count). The van der Waals surface area contributed by atoms with Crippen molar-refractivity contribution in [3.8, 4) is 0 Å². The van der Waals surface area contributed by atoms with Crippen molar-refractivity contribution >= 4 is 35.2 Å². The quantitative estimate of drug-likeness (QED) is 0.772. The maximum Gasteiger partial charge on any atom is 0.328 e. The summed E-state index contributed by atoms with van der Waals surface area (Å²) in [7, 11) is 1.29. The highest BCUT2D eigenvalue weighted by Crippen LogP contribution is 2.34. The fourth-order valence-corrected chi connectivity index (χ4v) is 3.83. The zero-order chi connectivity index (χ0) is 19.2. The Morgan fingerprint density at radius 1 is 1.15 bits per heavy atom. The summed E-state index contributed by atoms with van der Waals surface area (Å²) < 4.78 is 4.82. The number of carbonyl (C=O) groups excluding carboxylic acids is 3. The Labute approximate surface area is 161 Å². The van der Waals surface area contributed by atoms with Crippen molar-refractivity contribution in [2.75, 3.05) is 24.3 Å². The summed E-state index contributed by atoms with van der Waals surface area (Å²) in [5.41, 5.74) is 1.62. The minimum Gasteiger partial charge on any atom is -0.467 e. The monoisotopic (exact) mass is 384 g/mol. The molecule has 0 fully saturated rings. The number of rotatable bonds is 6. The molecule has 1 N–H and O–H groups in total. The summed E-state index contributed by atoms with van der Waals surface area (Å²) in [6, 6.07) is 16.0. The molecule has 0 aliphatic carbocycles. The third-order valence-electron chi connectivity index (χ3n) is 4.21. The number of para-hydroxylation sites is 1. The summed E-state index contributed by atoms with van der Waals surface area (Å²) in [5.74, 6) is -0.773. The number of anilines is 1. The van der Waals surface area contributed by atoms with Gasteiger partial charge in [0, 0.05) is 11.3 Å². The molecule has 1 aliphatic rings. The number of benzene rings is 2. The van der Waals surface area contributed by atoms with Crippen LogP contribution in [0.4, 0.5) is 5.69 Å². The van der Waals surface area contributed by atoms with Gasteiger partial charge in [0.1, 0.15) is 12.6 Å². The van der Waals surface area contributed by atoms with Crippen LogP contribution in [0.2, 0.25) is 0 Å². The number of amides is 2. The normalized spacial score (nSPS) is 14.3. The molecule has 0 saturated carbocycles. The average molecular weight is 384 g/mol. The molecule has 6 nitrogen and oxygen atoms in total. The van der Waals surface area contributed by atoms with Crippen LogP contribution in [-0.2, 0) is 25.5 Å². The second-order valence-corrected chi connectivity index (χ2v) is 7.09. The molecule has 1 aliphatic heterocycles. The lowest BCUT2D eigenvalue weighted by Crippen LogP contribution is -2.49. The number of fused-ring (bicyclic) bond motifs is 1. The Hall–Kier alpha value is -2.80. The molecule has 140 valence electrons. The van der Waals surface area contributed by atoms with E-state index in [0.717, 1.165) is 10.5 Å². The van der Waals surface area contributed by atoms with Gasteiger partial charge in [-0.15, -0.1) is 11.8 Å². The molecule has 0 saturated heterocycles. The largest absolute Gasteiger partial charge is 0.467 e. The van der Waals surface area contributed by atoms with Crippen molar-refractivity contribution in [3.05, 3.63) is 60.2 Å². The second-order valence-electron chi connectivity index (χ2n) is 6.07. The van der Waals surface area contributed by atoms with E-state index in [0.29, 0.717) is 12.1 Å². The molecule has 1 atom stereocenters. The van der Waals surface area contributed by atoms with Gasteiger partial charge in [0.05, 0.1) is 18.6 Å². The molecule has 2 aromatic carbocycles. The third-order valence-corrected chi connectivity index (χ3v) is 5.26. The number of nitrogens with zero attached hydrogens (tertiary/aromatic N) is 1. The highest BCUT2D eigenvalue weighted by atomic mass is 32.2. The molecule has 0 bridgehead atoms. The van der Waals surface area contributed by atoms with Gasteiger partial charge in [-0.3, -0.25) is 9.59 Å². The third kappa shape index (κ3) is 4.68. The summed E-state index contributed by atoms with van der Waals surface area (Å²) in [5, 5.41) is 2.70. The number of nitrogens with one attached hydrogen (secondary N) is 1. The zero-order valence-corrected chi connectivity index (χ0v) is 15.7. The van der Waals surface area contributed by atoms with Gasteiger partial charge in [-0.25, -0.2) is 4.79 Å². The number of esters is 1. The van der Waals surface area contributed by atoms with E-state index in [-0.39, 0.29) is 18.2 Å². The molecule has 27 heavy (non-hydrogen) atoms. The van der Waals surface area contributed by atoms with Crippen molar-refractivity contribution in [2.45, 2.75) is 17.4 Å². The molecule has 0 spiro atoms. The first-order valence-electron chi connectivity index (χ1n) is 8.52. The molecule has 1 heterocycles. The summed E-state index contributed by atoms with van der Waals surface area (Å²) in [4.78, 5) is 39.4. The van der Waals surface area contributed by atoms with E-state index in [1.165, 1.54) is 23.8 Å². The van der Waals surface area contributed by atoms with Crippen LogP contribution in [0, 0.1) is 0 Å². The van der Waals surface area contributed by atoms with Crippen LogP contribution in [0.1, 0.15) is 5.56 Å². The zero-order valence-electron chi connectivity index (χ0n) is 14.9. The second kappa shape index (κ2) is 8.73. The van der Waals surface area contributed by atoms with E-state index < -0.39 is 17.9 Å². The molecule has 2 amide bonds. The predicted molar refractivity (Wildman–Crippen MR) is 104 cm³/mol. The Kier molecular flexibility index (Phi) is 6.13. The average Bonchev–Trinajstić information content (AvgIpc) is 2.70. The van der Waals surface area contributed by atoms with Gasteiger partial charge >= 0.3 is 5.97 Å². The van der Waals surface area contributed by atoms with E-state index in [4.69, 9.17) is 4.74 Å². The maximum atomic E-state index is 12.6. The van der Waals surface area contributed by atoms with Gasteiger partial charge in [-0.05, 0) is 17.7 Å². The summed E-state index contributed by atoms with van der Waals surface area (Å²) in [6.07, 6.45) is 0.319.